The van der Waals surface area contributed by atoms with E-state index in [0.29, 0.717) is 45.1 Å². The van der Waals surface area contributed by atoms with Crippen LogP contribution in [0.3, 0.4) is 0 Å². The molecule has 0 fully saturated rings. The number of carbonyl (C=O) groups is 2. The van der Waals surface area contributed by atoms with E-state index < -0.39 is 47.1 Å². The van der Waals surface area contributed by atoms with Crippen LogP contribution in [0.2, 0.25) is 0 Å². The van der Waals surface area contributed by atoms with Crippen LogP contribution < -0.4 is 9.47 Å². The van der Waals surface area contributed by atoms with Gasteiger partial charge in [0.15, 0.2) is 0 Å². The van der Waals surface area contributed by atoms with E-state index in [2.05, 4.69) is 0 Å². The SMILES string of the molecule is CCOC(=O)c1cccc(-n2c(C)ccc2-c2cc(C(F)(F)F)ccc2OCc2ccc(F)cc2)c1.Cc1ccc(-c2cc(C(F)(F)F)ccc2OCc2ccc(F)cc2)n1-c1cccc(C(=O)O)c1. The molecule has 0 bridgehead atoms. The molecule has 2 aromatic heterocycles. The van der Waals surface area contributed by atoms with Crippen molar-refractivity contribution >= 4 is 11.9 Å². The van der Waals surface area contributed by atoms with Crippen LogP contribution in [0.25, 0.3) is 33.9 Å². The summed E-state index contributed by atoms with van der Waals surface area (Å²) >= 11 is 0. The third-order valence-corrected chi connectivity index (χ3v) is 10.9. The van der Waals surface area contributed by atoms with Crippen LogP contribution in [0.5, 0.6) is 11.5 Å². The molecule has 8 rings (SSSR count). The highest BCUT2D eigenvalue weighted by Crippen LogP contribution is 2.41. The third-order valence-electron chi connectivity index (χ3n) is 10.9. The molecule has 16 heteroatoms. The van der Waals surface area contributed by atoms with Crippen LogP contribution >= 0.6 is 0 Å². The molecule has 0 amide bonds. The summed E-state index contributed by atoms with van der Waals surface area (Å²) in [4.78, 5) is 23.7. The molecule has 0 saturated heterocycles. The summed E-state index contributed by atoms with van der Waals surface area (Å²) in [6.45, 7) is 5.56. The van der Waals surface area contributed by atoms with Gasteiger partial charge in [0.25, 0.3) is 0 Å². The standard InChI is InChI=1S/C28H23F4NO3.C26H19F4NO3/c1-3-35-27(34)20-5-4-6-23(15-20)33-18(2)7-13-25(33)24-16-21(28(30,31)32)10-14-26(24)36-17-19-8-11-22(29)12-9-19;1-16-5-11-23(31(16)21-4-2-3-18(13-21)25(32)33)22-14-19(26(28,29)30)8-12-24(22)34-15-17-6-9-20(27)10-7-17/h4-16H,3,17H2,1-2H3;2-14H,15H2,1H3,(H,32,33). The van der Waals surface area contributed by atoms with Crippen LogP contribution in [0, 0.1) is 25.5 Å². The van der Waals surface area contributed by atoms with Gasteiger partial charge in [-0.05, 0) is 153 Å². The summed E-state index contributed by atoms with van der Waals surface area (Å²) in [6.07, 6.45) is -9.12. The first kappa shape index (κ1) is 49.8. The smallest absolute Gasteiger partial charge is 0.416 e. The van der Waals surface area contributed by atoms with Crippen molar-refractivity contribution < 1.29 is 64.0 Å². The van der Waals surface area contributed by atoms with E-state index in [1.165, 1.54) is 60.7 Å². The Morgan fingerprint density at radius 2 is 0.943 bits per heavy atom. The van der Waals surface area contributed by atoms with Gasteiger partial charge in [-0.1, -0.05) is 36.4 Å². The molecular formula is C54H42F8N2O6. The zero-order chi connectivity index (χ0) is 50.3. The Balaban J connectivity index is 0.000000207. The lowest BCUT2D eigenvalue weighted by molar-refractivity contribution is -0.138. The van der Waals surface area contributed by atoms with Gasteiger partial charge in [0.1, 0.15) is 36.3 Å². The normalized spacial score (nSPS) is 11.4. The minimum Gasteiger partial charge on any atom is -0.488 e. The summed E-state index contributed by atoms with van der Waals surface area (Å²) in [5, 5.41) is 9.35. The van der Waals surface area contributed by atoms with Crippen LogP contribution in [0.1, 0.15) is 61.3 Å². The van der Waals surface area contributed by atoms with Gasteiger partial charge in [-0.3, -0.25) is 0 Å². The first-order chi connectivity index (χ1) is 33.3. The fourth-order valence-electron chi connectivity index (χ4n) is 7.50. The van der Waals surface area contributed by atoms with Crippen molar-refractivity contribution in [2.45, 2.75) is 46.3 Å². The molecule has 8 aromatic rings. The Morgan fingerprint density at radius 3 is 1.34 bits per heavy atom. The summed E-state index contributed by atoms with van der Waals surface area (Å²) in [7, 11) is 0. The molecule has 0 unspecified atom stereocenters. The molecule has 0 aliphatic carbocycles. The highest BCUT2D eigenvalue weighted by molar-refractivity contribution is 5.90. The number of aromatic nitrogens is 2. The van der Waals surface area contributed by atoms with Gasteiger partial charge in [0.2, 0.25) is 0 Å². The quantitative estimate of drug-likeness (QED) is 0.0914. The van der Waals surface area contributed by atoms with Gasteiger partial charge < -0.3 is 28.5 Å². The van der Waals surface area contributed by atoms with Crippen LogP contribution in [0.4, 0.5) is 35.1 Å². The number of alkyl halides is 6. The lowest BCUT2D eigenvalue weighted by Crippen LogP contribution is -2.08. The second kappa shape index (κ2) is 21.0. The molecule has 1 N–H and O–H groups in total. The zero-order valence-corrected chi connectivity index (χ0v) is 37.5. The average molecular weight is 967 g/mol. The number of nitrogens with zero attached hydrogens (tertiary/aromatic N) is 2. The topological polar surface area (TPSA) is 91.9 Å². The number of aromatic carboxylic acids is 1. The maximum absolute atomic E-state index is 13.6. The number of benzene rings is 6. The van der Waals surface area contributed by atoms with E-state index in [-0.39, 0.29) is 48.0 Å². The molecule has 0 radical (unpaired) electrons. The highest BCUT2D eigenvalue weighted by atomic mass is 19.4. The van der Waals surface area contributed by atoms with Gasteiger partial charge in [-0.15, -0.1) is 0 Å². The van der Waals surface area contributed by atoms with E-state index in [0.717, 1.165) is 30.0 Å². The van der Waals surface area contributed by atoms with Gasteiger partial charge in [0.05, 0.1) is 40.2 Å². The number of hydrogen-bond donors (Lipinski definition) is 1. The van der Waals surface area contributed by atoms with Crippen LogP contribution in [0.15, 0.2) is 158 Å². The van der Waals surface area contributed by atoms with Gasteiger partial charge in [0, 0.05) is 33.9 Å². The lowest BCUT2D eigenvalue weighted by Gasteiger charge is -2.18. The van der Waals surface area contributed by atoms with E-state index in [9.17, 15) is 49.8 Å². The number of hydrogen-bond acceptors (Lipinski definition) is 5. The molecule has 360 valence electrons. The Morgan fingerprint density at radius 1 is 0.529 bits per heavy atom. The molecule has 0 spiro atoms. The van der Waals surface area contributed by atoms with Crippen molar-refractivity contribution in [1.82, 2.24) is 9.13 Å². The molecule has 0 aliphatic rings. The molecule has 0 saturated carbocycles. The Kier molecular flexibility index (Phi) is 14.9. The number of rotatable bonds is 13. The molecule has 6 aromatic carbocycles. The van der Waals surface area contributed by atoms with E-state index >= 15 is 0 Å². The number of ether oxygens (including phenoxy) is 3. The van der Waals surface area contributed by atoms with Crippen LogP contribution in [-0.2, 0) is 30.3 Å². The molecule has 0 aliphatic heterocycles. The summed E-state index contributed by atoms with van der Waals surface area (Å²) in [6, 6.07) is 37.4. The van der Waals surface area contributed by atoms with Crippen molar-refractivity contribution in [3.8, 4) is 45.4 Å². The van der Waals surface area contributed by atoms with Crippen LogP contribution in [-0.4, -0.2) is 32.8 Å². The minimum atomic E-state index is -4.57. The number of aryl methyl sites for hydroxylation is 2. The molecule has 0 atom stereocenters. The monoisotopic (exact) mass is 966 g/mol. The second-order valence-electron chi connectivity index (χ2n) is 15.8. The number of esters is 1. The van der Waals surface area contributed by atoms with Crippen molar-refractivity contribution in [3.63, 3.8) is 0 Å². The van der Waals surface area contributed by atoms with Crippen molar-refractivity contribution in [1.29, 1.82) is 0 Å². The van der Waals surface area contributed by atoms with Crippen molar-refractivity contribution in [2.75, 3.05) is 6.61 Å². The molecule has 8 nitrogen and oxygen atoms in total. The number of halogens is 8. The highest BCUT2D eigenvalue weighted by Gasteiger charge is 2.33. The average Bonchev–Trinajstić information content (AvgIpc) is 3.92. The summed E-state index contributed by atoms with van der Waals surface area (Å²) in [5.41, 5.74) is 3.79. The minimum absolute atomic E-state index is 0.0207. The van der Waals surface area contributed by atoms with E-state index in [1.807, 2.05) is 6.92 Å². The number of carbonyl (C=O) groups excluding carboxylic acids is 1. The maximum Gasteiger partial charge on any atom is 0.416 e. The van der Waals surface area contributed by atoms with Crippen molar-refractivity contribution in [2.24, 2.45) is 0 Å². The third kappa shape index (κ3) is 11.7. The predicted octanol–water partition coefficient (Wildman–Crippen LogP) is 14.3. The van der Waals surface area contributed by atoms with Crippen molar-refractivity contribution in [3.05, 3.63) is 214 Å². The summed E-state index contributed by atoms with van der Waals surface area (Å²) in [5.74, 6) is -1.98. The summed E-state index contributed by atoms with van der Waals surface area (Å²) < 4.78 is 128. The fraction of sp³-hybridized carbons (Fsp3) is 0.148. The molecular weight excluding hydrogens is 925 g/mol. The van der Waals surface area contributed by atoms with E-state index in [4.69, 9.17) is 14.2 Å². The maximum atomic E-state index is 13.6. The van der Waals surface area contributed by atoms with Gasteiger partial charge in [-0.2, -0.15) is 26.3 Å². The predicted molar refractivity (Wildman–Crippen MR) is 246 cm³/mol. The fourth-order valence-corrected chi connectivity index (χ4v) is 7.50. The van der Waals surface area contributed by atoms with E-state index in [1.54, 1.807) is 95.8 Å². The Bertz CT molecular complexity index is 3140. The molecule has 70 heavy (non-hydrogen) atoms. The first-order valence-electron chi connectivity index (χ1n) is 21.5. The van der Waals surface area contributed by atoms with Gasteiger partial charge in [-0.25, -0.2) is 18.4 Å². The van der Waals surface area contributed by atoms with Gasteiger partial charge >= 0.3 is 24.3 Å². The largest absolute Gasteiger partial charge is 0.488 e. The Labute approximate surface area is 396 Å². The number of carboxylic acid groups (broad SMARTS) is 1. The zero-order valence-electron chi connectivity index (χ0n) is 37.5. The molecule has 2 heterocycles. The Hall–Kier alpha value is -8.14. The first-order valence-corrected chi connectivity index (χ1v) is 21.5. The lowest BCUT2D eigenvalue weighted by atomic mass is 10.1. The second-order valence-corrected chi connectivity index (χ2v) is 15.8. The number of carboxylic acids is 1.